The molecule has 0 saturated carbocycles. The number of amides is 1. The van der Waals surface area contributed by atoms with Gasteiger partial charge in [-0.1, -0.05) is 12.1 Å². The summed E-state index contributed by atoms with van der Waals surface area (Å²) >= 11 is 0. The molecule has 0 aliphatic rings. The highest BCUT2D eigenvalue weighted by molar-refractivity contribution is 5.77. The Morgan fingerprint density at radius 3 is 2.80 bits per heavy atom. The smallest absolute Gasteiger partial charge is 0.258 e. The number of nitrogen functional groups attached to an aromatic ring is 1. The number of nitrogens with two attached hydrogens (primary N) is 1. The highest BCUT2D eigenvalue weighted by atomic mass is 16.5. The number of aliphatic hydroxyl groups is 1. The number of nitrogens with one attached hydrogen (secondary N) is 1. The Bertz CT molecular complexity index is 435. The van der Waals surface area contributed by atoms with Crippen molar-refractivity contribution in [3.63, 3.8) is 0 Å². The number of methoxy groups -OCH3 is 1. The van der Waals surface area contributed by atoms with Crippen molar-refractivity contribution in [3.05, 3.63) is 24.3 Å². The van der Waals surface area contributed by atoms with E-state index in [1.54, 1.807) is 38.3 Å². The van der Waals surface area contributed by atoms with Crippen molar-refractivity contribution in [2.24, 2.45) is 0 Å². The van der Waals surface area contributed by atoms with Crippen LogP contribution in [-0.4, -0.2) is 43.5 Å². The minimum absolute atomic E-state index is 0.142. The van der Waals surface area contributed by atoms with Crippen LogP contribution in [0.25, 0.3) is 0 Å². The molecule has 0 fully saturated rings. The molecule has 0 spiro atoms. The van der Waals surface area contributed by atoms with E-state index < -0.39 is 5.60 Å². The maximum Gasteiger partial charge on any atom is 0.258 e. The average Bonchev–Trinajstić information content (AvgIpc) is 2.42. The van der Waals surface area contributed by atoms with Crippen LogP contribution in [0.5, 0.6) is 5.75 Å². The highest BCUT2D eigenvalue weighted by Gasteiger charge is 2.20. The molecule has 1 aromatic rings. The number of hydrogen-bond donors (Lipinski definition) is 3. The molecule has 0 aliphatic heterocycles. The van der Waals surface area contributed by atoms with Crippen LogP contribution in [0, 0.1) is 0 Å². The molecule has 6 nitrogen and oxygen atoms in total. The second-order valence-electron chi connectivity index (χ2n) is 4.84. The van der Waals surface area contributed by atoms with Gasteiger partial charge in [0, 0.05) is 26.7 Å². The number of anilines is 1. The van der Waals surface area contributed by atoms with Crippen LogP contribution in [0.15, 0.2) is 24.3 Å². The van der Waals surface area contributed by atoms with E-state index in [1.807, 2.05) is 0 Å². The number of carbonyl (C=O) groups excluding carboxylic acids is 1. The normalized spacial score (nSPS) is 13.6. The van der Waals surface area contributed by atoms with Gasteiger partial charge in [0.1, 0.15) is 5.75 Å². The first kappa shape index (κ1) is 16.3. The molecule has 20 heavy (non-hydrogen) atoms. The molecule has 1 unspecified atom stereocenters. The average molecular weight is 282 g/mol. The highest BCUT2D eigenvalue weighted by Crippen LogP contribution is 2.19. The van der Waals surface area contributed by atoms with Crippen LogP contribution in [0.4, 0.5) is 5.69 Å². The topological polar surface area (TPSA) is 93.8 Å². The largest absolute Gasteiger partial charge is 0.482 e. The first-order chi connectivity index (χ1) is 9.44. The van der Waals surface area contributed by atoms with E-state index >= 15 is 0 Å². The van der Waals surface area contributed by atoms with Crippen molar-refractivity contribution >= 4 is 11.6 Å². The van der Waals surface area contributed by atoms with Gasteiger partial charge >= 0.3 is 0 Å². The predicted octanol–water partition coefficient (Wildman–Crippen LogP) is 0.551. The summed E-state index contributed by atoms with van der Waals surface area (Å²) in [5.41, 5.74) is 5.17. The van der Waals surface area contributed by atoms with Gasteiger partial charge in [-0.3, -0.25) is 4.79 Å². The molecule has 1 amide bonds. The van der Waals surface area contributed by atoms with Crippen LogP contribution in [0.1, 0.15) is 13.3 Å². The summed E-state index contributed by atoms with van der Waals surface area (Å²) in [6, 6.07) is 6.95. The van der Waals surface area contributed by atoms with E-state index in [4.69, 9.17) is 15.2 Å². The number of hydrogen-bond acceptors (Lipinski definition) is 5. The van der Waals surface area contributed by atoms with Crippen molar-refractivity contribution in [2.75, 3.05) is 32.6 Å². The quantitative estimate of drug-likeness (QED) is 0.605. The fourth-order valence-electron chi connectivity index (χ4n) is 1.51. The summed E-state index contributed by atoms with van der Waals surface area (Å²) in [4.78, 5) is 11.6. The molecule has 1 aromatic carbocycles. The Morgan fingerprint density at radius 2 is 2.15 bits per heavy atom. The summed E-state index contributed by atoms with van der Waals surface area (Å²) in [7, 11) is 1.56. The maximum absolute atomic E-state index is 11.6. The molecule has 0 radical (unpaired) electrons. The SMILES string of the molecule is COCCC(C)(O)CNC(=O)COc1ccccc1N. The molecule has 1 atom stereocenters. The zero-order valence-electron chi connectivity index (χ0n) is 11.9. The lowest BCUT2D eigenvalue weighted by molar-refractivity contribution is -0.124. The molecule has 112 valence electrons. The Morgan fingerprint density at radius 1 is 1.45 bits per heavy atom. The van der Waals surface area contributed by atoms with Gasteiger partial charge in [0.25, 0.3) is 5.91 Å². The van der Waals surface area contributed by atoms with E-state index in [0.29, 0.717) is 24.5 Å². The third-order valence-electron chi connectivity index (χ3n) is 2.79. The zero-order valence-corrected chi connectivity index (χ0v) is 11.9. The summed E-state index contributed by atoms with van der Waals surface area (Å²) < 4.78 is 10.2. The van der Waals surface area contributed by atoms with Gasteiger partial charge in [0.2, 0.25) is 0 Å². The summed E-state index contributed by atoms with van der Waals surface area (Å²) in [6.07, 6.45) is 0.441. The van der Waals surface area contributed by atoms with Gasteiger partial charge in [-0.05, 0) is 19.1 Å². The van der Waals surface area contributed by atoms with Gasteiger partial charge in [-0.15, -0.1) is 0 Å². The Labute approximate surface area is 118 Å². The first-order valence-corrected chi connectivity index (χ1v) is 6.40. The molecular formula is C14H22N2O4. The van der Waals surface area contributed by atoms with E-state index in [-0.39, 0.29) is 19.1 Å². The summed E-state index contributed by atoms with van der Waals surface area (Å²) in [6.45, 7) is 2.07. The molecular weight excluding hydrogens is 260 g/mol. The van der Waals surface area contributed by atoms with E-state index in [1.165, 1.54) is 0 Å². The Balaban J connectivity index is 2.32. The molecule has 0 bridgehead atoms. The molecule has 4 N–H and O–H groups in total. The van der Waals surface area contributed by atoms with Gasteiger partial charge < -0.3 is 25.6 Å². The molecule has 0 saturated heterocycles. The van der Waals surface area contributed by atoms with Crippen LogP contribution in [-0.2, 0) is 9.53 Å². The van der Waals surface area contributed by atoms with E-state index in [0.717, 1.165) is 0 Å². The van der Waals surface area contributed by atoms with Crippen molar-refractivity contribution in [3.8, 4) is 5.75 Å². The Hall–Kier alpha value is -1.79. The second-order valence-corrected chi connectivity index (χ2v) is 4.84. The van der Waals surface area contributed by atoms with Gasteiger partial charge in [-0.25, -0.2) is 0 Å². The monoisotopic (exact) mass is 282 g/mol. The maximum atomic E-state index is 11.6. The summed E-state index contributed by atoms with van der Waals surface area (Å²) in [5, 5.41) is 12.6. The number of rotatable bonds is 8. The lowest BCUT2D eigenvalue weighted by Crippen LogP contribution is -2.42. The number of para-hydroxylation sites is 2. The van der Waals surface area contributed by atoms with Crippen LogP contribution < -0.4 is 15.8 Å². The van der Waals surface area contributed by atoms with Crippen LogP contribution in [0.3, 0.4) is 0 Å². The molecule has 6 heteroatoms. The lowest BCUT2D eigenvalue weighted by atomic mass is 10.0. The third kappa shape index (κ3) is 5.90. The van der Waals surface area contributed by atoms with Crippen molar-refractivity contribution in [1.29, 1.82) is 0 Å². The minimum atomic E-state index is -1.00. The van der Waals surface area contributed by atoms with Crippen molar-refractivity contribution in [1.82, 2.24) is 5.32 Å². The number of benzene rings is 1. The number of ether oxygens (including phenoxy) is 2. The fourth-order valence-corrected chi connectivity index (χ4v) is 1.51. The lowest BCUT2D eigenvalue weighted by Gasteiger charge is -2.23. The van der Waals surface area contributed by atoms with Crippen LogP contribution >= 0.6 is 0 Å². The van der Waals surface area contributed by atoms with E-state index in [2.05, 4.69) is 5.32 Å². The van der Waals surface area contributed by atoms with Gasteiger partial charge in [0.15, 0.2) is 6.61 Å². The molecule has 0 heterocycles. The number of carbonyl (C=O) groups is 1. The van der Waals surface area contributed by atoms with Gasteiger partial charge in [0.05, 0.1) is 11.3 Å². The van der Waals surface area contributed by atoms with Crippen molar-refractivity contribution < 1.29 is 19.4 Å². The van der Waals surface area contributed by atoms with Gasteiger partial charge in [-0.2, -0.15) is 0 Å². The standard InChI is InChI=1S/C14H22N2O4/c1-14(18,7-8-19-2)10-16-13(17)9-20-12-6-4-3-5-11(12)15/h3-6,18H,7-10,15H2,1-2H3,(H,16,17). The van der Waals surface area contributed by atoms with Crippen molar-refractivity contribution in [2.45, 2.75) is 18.9 Å². The third-order valence-corrected chi connectivity index (χ3v) is 2.79. The summed E-state index contributed by atoms with van der Waals surface area (Å²) in [5.74, 6) is 0.153. The minimum Gasteiger partial charge on any atom is -0.482 e. The fraction of sp³-hybridized carbons (Fsp3) is 0.500. The first-order valence-electron chi connectivity index (χ1n) is 6.40. The zero-order chi connectivity index (χ0) is 15.0. The molecule has 0 aromatic heterocycles. The van der Waals surface area contributed by atoms with Crippen LogP contribution in [0.2, 0.25) is 0 Å². The molecule has 1 rings (SSSR count). The van der Waals surface area contributed by atoms with E-state index in [9.17, 15) is 9.90 Å². The molecule has 0 aliphatic carbocycles. The second kappa shape index (κ2) is 7.72. The Kier molecular flexibility index (Phi) is 6.27. The predicted molar refractivity (Wildman–Crippen MR) is 76.5 cm³/mol.